The van der Waals surface area contributed by atoms with Crippen LogP contribution in [0.15, 0.2) is 18.2 Å². The van der Waals surface area contributed by atoms with Gasteiger partial charge < -0.3 is 15.7 Å². The zero-order valence-electron chi connectivity index (χ0n) is 11.4. The largest absolute Gasteiger partial charge is 0.480 e. The lowest BCUT2D eigenvalue weighted by Crippen LogP contribution is -2.55. The van der Waals surface area contributed by atoms with Gasteiger partial charge in [-0.1, -0.05) is 23.7 Å². The van der Waals surface area contributed by atoms with E-state index in [1.165, 1.54) is 6.92 Å². The van der Waals surface area contributed by atoms with Crippen molar-refractivity contribution in [1.29, 1.82) is 0 Å². The molecule has 1 aromatic carbocycles. The van der Waals surface area contributed by atoms with Gasteiger partial charge in [-0.25, -0.2) is 9.59 Å². The van der Waals surface area contributed by atoms with Gasteiger partial charge in [-0.3, -0.25) is 0 Å². The highest BCUT2D eigenvalue weighted by Gasteiger charge is 2.48. The van der Waals surface area contributed by atoms with E-state index in [9.17, 15) is 14.7 Å². The molecule has 0 bridgehead atoms. The molecule has 1 aliphatic carbocycles. The van der Waals surface area contributed by atoms with Crippen LogP contribution in [0.4, 0.5) is 10.5 Å². The van der Waals surface area contributed by atoms with Crippen LogP contribution >= 0.6 is 11.6 Å². The summed E-state index contributed by atoms with van der Waals surface area (Å²) in [6, 6.07) is 4.71. The number of carboxylic acids is 1. The minimum Gasteiger partial charge on any atom is -0.480 e. The van der Waals surface area contributed by atoms with Gasteiger partial charge in [0.15, 0.2) is 0 Å². The number of aliphatic carboxylic acids is 1. The number of benzene rings is 1. The van der Waals surface area contributed by atoms with Crippen molar-refractivity contribution < 1.29 is 14.7 Å². The number of nitrogens with one attached hydrogen (secondary N) is 2. The number of carbonyl (C=O) groups is 2. The lowest BCUT2D eigenvalue weighted by molar-refractivity contribution is -0.144. The molecular weight excluding hydrogens is 280 g/mol. The van der Waals surface area contributed by atoms with E-state index in [-0.39, 0.29) is 5.92 Å². The van der Waals surface area contributed by atoms with Crippen LogP contribution in [0.3, 0.4) is 0 Å². The Morgan fingerprint density at radius 2 is 2.05 bits per heavy atom. The highest BCUT2D eigenvalue weighted by atomic mass is 35.5. The molecule has 3 N–H and O–H groups in total. The van der Waals surface area contributed by atoms with E-state index in [0.29, 0.717) is 10.7 Å². The van der Waals surface area contributed by atoms with Gasteiger partial charge in [-0.05, 0) is 44.2 Å². The number of urea groups is 1. The molecule has 1 saturated carbocycles. The molecule has 0 heterocycles. The maximum Gasteiger partial charge on any atom is 0.329 e. The second-order valence-electron chi connectivity index (χ2n) is 5.29. The minimum atomic E-state index is -1.24. The Kier molecular flexibility index (Phi) is 3.90. The maximum atomic E-state index is 12.0. The summed E-state index contributed by atoms with van der Waals surface area (Å²) in [5.74, 6) is -1.04. The van der Waals surface area contributed by atoms with E-state index < -0.39 is 17.5 Å². The molecule has 2 amide bonds. The van der Waals surface area contributed by atoms with Crippen molar-refractivity contribution >= 4 is 29.3 Å². The quantitative estimate of drug-likeness (QED) is 0.799. The summed E-state index contributed by atoms with van der Waals surface area (Å²) in [5.41, 5.74) is 0.0745. The van der Waals surface area contributed by atoms with Crippen LogP contribution < -0.4 is 10.6 Å². The van der Waals surface area contributed by atoms with Crippen LogP contribution in [-0.2, 0) is 4.79 Å². The van der Waals surface area contributed by atoms with Crippen molar-refractivity contribution in [2.24, 2.45) is 5.92 Å². The first kappa shape index (κ1) is 14.7. The van der Waals surface area contributed by atoms with Gasteiger partial charge >= 0.3 is 12.0 Å². The number of carbonyl (C=O) groups excluding carboxylic acids is 1. The van der Waals surface area contributed by atoms with Gasteiger partial charge in [-0.15, -0.1) is 0 Å². The topological polar surface area (TPSA) is 78.4 Å². The van der Waals surface area contributed by atoms with Crippen molar-refractivity contribution in [3.8, 4) is 0 Å². The zero-order chi connectivity index (χ0) is 14.9. The van der Waals surface area contributed by atoms with E-state index in [0.717, 1.165) is 18.4 Å². The Bertz CT molecular complexity index is 537. The van der Waals surface area contributed by atoms with Crippen molar-refractivity contribution in [3.63, 3.8) is 0 Å². The highest BCUT2D eigenvalue weighted by Crippen LogP contribution is 2.39. The highest BCUT2D eigenvalue weighted by molar-refractivity contribution is 6.33. The number of rotatable bonds is 4. The van der Waals surface area contributed by atoms with Crippen LogP contribution in [0.1, 0.15) is 25.3 Å². The second-order valence-corrected chi connectivity index (χ2v) is 5.70. The summed E-state index contributed by atoms with van der Waals surface area (Å²) in [6.45, 7) is 3.35. The Labute approximate surface area is 122 Å². The van der Waals surface area contributed by atoms with Gasteiger partial charge in [0, 0.05) is 0 Å². The summed E-state index contributed by atoms with van der Waals surface area (Å²) in [5, 5.41) is 14.9. The van der Waals surface area contributed by atoms with Crippen molar-refractivity contribution in [3.05, 3.63) is 28.8 Å². The van der Waals surface area contributed by atoms with Gasteiger partial charge in [0.2, 0.25) is 0 Å². The average molecular weight is 297 g/mol. The third kappa shape index (κ3) is 2.88. The lowest BCUT2D eigenvalue weighted by atomic mass is 9.96. The average Bonchev–Trinajstić information content (AvgIpc) is 3.18. The molecule has 1 atom stereocenters. The fourth-order valence-electron chi connectivity index (χ4n) is 2.16. The molecule has 1 unspecified atom stereocenters. The molecule has 0 spiro atoms. The zero-order valence-corrected chi connectivity index (χ0v) is 12.1. The standard InChI is InChI=1S/C14H17ClN2O3/c1-8-4-3-5-10(15)11(8)16-13(20)17-14(2,12(18)19)9-6-7-9/h3-5,9H,6-7H2,1-2H3,(H,18,19)(H2,16,17,20). The lowest BCUT2D eigenvalue weighted by Gasteiger charge is -2.26. The number of carboxylic acid groups (broad SMARTS) is 1. The van der Waals surface area contributed by atoms with Crippen LogP contribution in [0.25, 0.3) is 0 Å². The minimum absolute atomic E-state index is 0.0157. The summed E-state index contributed by atoms with van der Waals surface area (Å²) in [4.78, 5) is 23.4. The fourth-order valence-corrected chi connectivity index (χ4v) is 2.43. The fraction of sp³-hybridized carbons (Fsp3) is 0.429. The Balaban J connectivity index is 2.11. The Hall–Kier alpha value is -1.75. The molecule has 2 rings (SSSR count). The SMILES string of the molecule is Cc1cccc(Cl)c1NC(=O)NC(C)(C(=O)O)C1CC1. The Morgan fingerprint density at radius 3 is 2.55 bits per heavy atom. The molecule has 0 aromatic heterocycles. The van der Waals surface area contributed by atoms with Gasteiger partial charge in [0.1, 0.15) is 5.54 Å². The first-order valence-corrected chi connectivity index (χ1v) is 6.80. The first-order valence-electron chi connectivity index (χ1n) is 6.42. The molecule has 1 aliphatic rings. The summed E-state index contributed by atoms with van der Waals surface area (Å²) < 4.78 is 0. The smallest absolute Gasteiger partial charge is 0.329 e. The normalized spacial score (nSPS) is 17.1. The van der Waals surface area contributed by atoms with E-state index in [1.807, 2.05) is 13.0 Å². The number of hydrogen-bond donors (Lipinski definition) is 3. The molecular formula is C14H17ClN2O3. The summed E-state index contributed by atoms with van der Waals surface area (Å²) in [7, 11) is 0. The molecule has 108 valence electrons. The molecule has 1 fully saturated rings. The number of para-hydroxylation sites is 1. The van der Waals surface area contributed by atoms with Gasteiger partial charge in [-0.2, -0.15) is 0 Å². The van der Waals surface area contributed by atoms with Crippen molar-refractivity contribution in [2.75, 3.05) is 5.32 Å². The molecule has 0 saturated heterocycles. The van der Waals surface area contributed by atoms with Crippen LogP contribution in [0.5, 0.6) is 0 Å². The Morgan fingerprint density at radius 1 is 1.40 bits per heavy atom. The summed E-state index contributed by atoms with van der Waals surface area (Å²) in [6.07, 6.45) is 1.63. The predicted molar refractivity (Wildman–Crippen MR) is 77.1 cm³/mol. The molecule has 6 heteroatoms. The van der Waals surface area contributed by atoms with Crippen LogP contribution in [-0.4, -0.2) is 22.6 Å². The number of anilines is 1. The van der Waals surface area contributed by atoms with Gasteiger partial charge in [0.25, 0.3) is 0 Å². The maximum absolute atomic E-state index is 12.0. The molecule has 0 aliphatic heterocycles. The third-order valence-corrected chi connectivity index (χ3v) is 3.99. The van der Waals surface area contributed by atoms with Crippen LogP contribution in [0.2, 0.25) is 5.02 Å². The predicted octanol–water partition coefficient (Wildman–Crippen LogP) is 3.02. The number of amides is 2. The first-order chi connectivity index (χ1) is 9.34. The van der Waals surface area contributed by atoms with E-state index in [2.05, 4.69) is 10.6 Å². The van der Waals surface area contributed by atoms with Crippen molar-refractivity contribution in [2.45, 2.75) is 32.2 Å². The summed E-state index contributed by atoms with van der Waals surface area (Å²) >= 11 is 6.02. The van der Waals surface area contributed by atoms with Gasteiger partial charge in [0.05, 0.1) is 10.7 Å². The molecule has 20 heavy (non-hydrogen) atoms. The molecule has 5 nitrogen and oxygen atoms in total. The number of hydrogen-bond acceptors (Lipinski definition) is 2. The second kappa shape index (κ2) is 5.32. The monoisotopic (exact) mass is 296 g/mol. The third-order valence-electron chi connectivity index (χ3n) is 3.67. The van der Waals surface area contributed by atoms with E-state index in [4.69, 9.17) is 11.6 Å². The van der Waals surface area contributed by atoms with E-state index in [1.54, 1.807) is 12.1 Å². The molecule has 0 radical (unpaired) electrons. The number of halogens is 1. The van der Waals surface area contributed by atoms with Crippen LogP contribution in [0, 0.1) is 12.8 Å². The molecule has 1 aromatic rings. The van der Waals surface area contributed by atoms with Crippen molar-refractivity contribution in [1.82, 2.24) is 5.32 Å². The van der Waals surface area contributed by atoms with E-state index >= 15 is 0 Å². The number of aryl methyl sites for hydroxylation is 1.